The second-order valence-corrected chi connectivity index (χ2v) is 1.68. The minimum atomic E-state index is -0.0417. The van der Waals surface area contributed by atoms with E-state index >= 15 is 0 Å². The first-order valence-electron chi connectivity index (χ1n) is 2.86. The van der Waals surface area contributed by atoms with Gasteiger partial charge in [-0.2, -0.15) is 5.10 Å². The van der Waals surface area contributed by atoms with E-state index in [-0.39, 0.29) is 18.0 Å². The van der Waals surface area contributed by atoms with Gasteiger partial charge in [0, 0.05) is 18.8 Å². The Balaban J connectivity index is 0.000000810. The van der Waals surface area contributed by atoms with E-state index in [1.165, 1.54) is 10.7 Å². The molecule has 3 nitrogen and oxygen atoms in total. The molecule has 0 aliphatic carbocycles. The molecule has 0 bridgehead atoms. The van der Waals surface area contributed by atoms with E-state index in [0.29, 0.717) is 6.54 Å². The summed E-state index contributed by atoms with van der Waals surface area (Å²) in [5.74, 6) is 0. The summed E-state index contributed by atoms with van der Waals surface area (Å²) in [6, 6.07) is 3.13. The molecular formula is C6H9ClN2O. The number of halogens is 1. The molecule has 0 aliphatic rings. The second kappa shape index (κ2) is 4.06. The Labute approximate surface area is 65.1 Å². The largest absolute Gasteiger partial charge is 0.268 e. The number of nitrogens with zero attached hydrogens (tertiary/aromatic N) is 2. The van der Waals surface area contributed by atoms with Crippen molar-refractivity contribution in [1.82, 2.24) is 9.78 Å². The lowest BCUT2D eigenvalue weighted by atomic mass is 10.6. The number of hydrogen-bond donors (Lipinski definition) is 0. The maximum Gasteiger partial charge on any atom is 0.266 e. The highest BCUT2D eigenvalue weighted by molar-refractivity contribution is 5.85. The van der Waals surface area contributed by atoms with Gasteiger partial charge >= 0.3 is 0 Å². The van der Waals surface area contributed by atoms with Crippen molar-refractivity contribution in [1.29, 1.82) is 0 Å². The smallest absolute Gasteiger partial charge is 0.266 e. The molecule has 4 heteroatoms. The van der Waals surface area contributed by atoms with E-state index in [4.69, 9.17) is 0 Å². The van der Waals surface area contributed by atoms with Crippen LogP contribution < -0.4 is 5.56 Å². The normalized spacial score (nSPS) is 8.50. The van der Waals surface area contributed by atoms with Crippen LogP contribution in [0.25, 0.3) is 0 Å². The van der Waals surface area contributed by atoms with E-state index < -0.39 is 0 Å². The Kier molecular flexibility index (Phi) is 3.72. The number of rotatable bonds is 1. The quantitative estimate of drug-likeness (QED) is 0.606. The highest BCUT2D eigenvalue weighted by atomic mass is 35.5. The zero-order valence-electron chi connectivity index (χ0n) is 5.65. The second-order valence-electron chi connectivity index (χ2n) is 1.68. The summed E-state index contributed by atoms with van der Waals surface area (Å²) in [6.07, 6.45) is 1.60. The predicted octanol–water partition coefficient (Wildman–Crippen LogP) is 0.685. The van der Waals surface area contributed by atoms with E-state index in [0.717, 1.165) is 0 Å². The lowest BCUT2D eigenvalue weighted by molar-refractivity contribution is 0.615. The van der Waals surface area contributed by atoms with E-state index in [1.807, 2.05) is 6.92 Å². The van der Waals surface area contributed by atoms with Crippen LogP contribution in [0.5, 0.6) is 0 Å². The maximum atomic E-state index is 10.8. The summed E-state index contributed by atoms with van der Waals surface area (Å²) in [5, 5.41) is 3.80. The average Bonchev–Trinajstić information content (AvgIpc) is 1.89. The van der Waals surface area contributed by atoms with Gasteiger partial charge in [0.15, 0.2) is 0 Å². The molecule has 0 saturated carbocycles. The highest BCUT2D eigenvalue weighted by Gasteiger charge is 1.86. The van der Waals surface area contributed by atoms with Crippen LogP contribution in [0.1, 0.15) is 6.92 Å². The minimum absolute atomic E-state index is 0. The topological polar surface area (TPSA) is 34.9 Å². The SMILES string of the molecule is CCn1ncccc1=O.Cl. The van der Waals surface area contributed by atoms with Gasteiger partial charge in [-0.25, -0.2) is 4.68 Å². The fourth-order valence-electron chi connectivity index (χ4n) is 0.625. The summed E-state index contributed by atoms with van der Waals surface area (Å²) in [5.41, 5.74) is -0.0417. The molecular weight excluding hydrogens is 152 g/mol. The Morgan fingerprint density at radius 3 is 2.80 bits per heavy atom. The predicted molar refractivity (Wildman–Crippen MR) is 41.4 cm³/mol. The van der Waals surface area contributed by atoms with E-state index in [2.05, 4.69) is 5.10 Å². The lowest BCUT2D eigenvalue weighted by Gasteiger charge is -1.94. The van der Waals surface area contributed by atoms with Crippen LogP contribution in [0.2, 0.25) is 0 Å². The molecule has 0 fully saturated rings. The van der Waals surface area contributed by atoms with Crippen LogP contribution in [0, 0.1) is 0 Å². The molecule has 0 saturated heterocycles. The van der Waals surface area contributed by atoms with E-state index in [9.17, 15) is 4.79 Å². The van der Waals surface area contributed by atoms with Crippen LogP contribution in [-0.4, -0.2) is 9.78 Å². The first-order chi connectivity index (χ1) is 4.34. The molecule has 1 rings (SSSR count). The summed E-state index contributed by atoms with van der Waals surface area (Å²) < 4.78 is 1.40. The van der Waals surface area contributed by atoms with Crippen LogP contribution in [-0.2, 0) is 6.54 Å². The maximum absolute atomic E-state index is 10.8. The Morgan fingerprint density at radius 1 is 1.70 bits per heavy atom. The van der Waals surface area contributed by atoms with Gasteiger partial charge in [-0.1, -0.05) is 0 Å². The third-order valence-corrected chi connectivity index (χ3v) is 1.08. The first-order valence-corrected chi connectivity index (χ1v) is 2.86. The van der Waals surface area contributed by atoms with Crippen molar-refractivity contribution < 1.29 is 0 Å². The molecule has 1 aromatic heterocycles. The van der Waals surface area contributed by atoms with Crippen molar-refractivity contribution in [2.45, 2.75) is 13.5 Å². The lowest BCUT2D eigenvalue weighted by Crippen LogP contribution is -2.19. The van der Waals surface area contributed by atoms with Crippen molar-refractivity contribution in [3.63, 3.8) is 0 Å². The average molecular weight is 161 g/mol. The Hall–Kier alpha value is -0.830. The minimum Gasteiger partial charge on any atom is -0.268 e. The van der Waals surface area contributed by atoms with Gasteiger partial charge in [0.1, 0.15) is 0 Å². The monoisotopic (exact) mass is 160 g/mol. The molecule has 0 aliphatic heterocycles. The molecule has 0 N–H and O–H groups in total. The molecule has 1 aromatic rings. The molecule has 56 valence electrons. The molecule has 1 heterocycles. The number of hydrogen-bond acceptors (Lipinski definition) is 2. The van der Waals surface area contributed by atoms with Gasteiger partial charge in [0.2, 0.25) is 0 Å². The fraction of sp³-hybridized carbons (Fsp3) is 0.333. The molecule has 0 amide bonds. The van der Waals surface area contributed by atoms with Gasteiger partial charge in [-0.05, 0) is 13.0 Å². The molecule has 10 heavy (non-hydrogen) atoms. The fourth-order valence-corrected chi connectivity index (χ4v) is 0.625. The van der Waals surface area contributed by atoms with Crippen molar-refractivity contribution in [3.05, 3.63) is 28.7 Å². The Morgan fingerprint density at radius 2 is 2.40 bits per heavy atom. The van der Waals surface area contributed by atoms with Crippen LogP contribution >= 0.6 is 12.4 Å². The van der Waals surface area contributed by atoms with Gasteiger partial charge < -0.3 is 0 Å². The highest BCUT2D eigenvalue weighted by Crippen LogP contribution is 1.72. The van der Waals surface area contributed by atoms with Gasteiger partial charge in [0.25, 0.3) is 5.56 Å². The van der Waals surface area contributed by atoms with Crippen LogP contribution in [0.15, 0.2) is 23.1 Å². The number of aromatic nitrogens is 2. The molecule has 0 radical (unpaired) electrons. The molecule has 0 atom stereocenters. The summed E-state index contributed by atoms with van der Waals surface area (Å²) in [6.45, 7) is 2.52. The number of aryl methyl sites for hydroxylation is 1. The van der Waals surface area contributed by atoms with Crippen molar-refractivity contribution in [2.24, 2.45) is 0 Å². The summed E-state index contributed by atoms with van der Waals surface area (Å²) in [4.78, 5) is 10.8. The van der Waals surface area contributed by atoms with Gasteiger partial charge in [-0.3, -0.25) is 4.79 Å². The van der Waals surface area contributed by atoms with Crippen molar-refractivity contribution in [3.8, 4) is 0 Å². The zero-order chi connectivity index (χ0) is 6.69. The summed E-state index contributed by atoms with van der Waals surface area (Å²) in [7, 11) is 0. The third kappa shape index (κ3) is 1.84. The first kappa shape index (κ1) is 9.17. The van der Waals surface area contributed by atoms with Crippen LogP contribution in [0.4, 0.5) is 0 Å². The van der Waals surface area contributed by atoms with Crippen LogP contribution in [0.3, 0.4) is 0 Å². The zero-order valence-corrected chi connectivity index (χ0v) is 6.47. The van der Waals surface area contributed by atoms with Crippen molar-refractivity contribution in [2.75, 3.05) is 0 Å². The van der Waals surface area contributed by atoms with Gasteiger partial charge in [0.05, 0.1) is 0 Å². The van der Waals surface area contributed by atoms with Crippen molar-refractivity contribution >= 4 is 12.4 Å². The van der Waals surface area contributed by atoms with Gasteiger partial charge in [-0.15, -0.1) is 12.4 Å². The standard InChI is InChI=1S/C6H8N2O.ClH/c1-2-8-6(9)4-3-5-7-8;/h3-5H,2H2,1H3;1H. The third-order valence-electron chi connectivity index (χ3n) is 1.08. The molecule has 0 aromatic carbocycles. The Bertz CT molecular complexity index is 246. The summed E-state index contributed by atoms with van der Waals surface area (Å²) >= 11 is 0. The molecule has 0 spiro atoms. The van der Waals surface area contributed by atoms with E-state index in [1.54, 1.807) is 12.3 Å². The molecule has 0 unspecified atom stereocenters.